The lowest BCUT2D eigenvalue weighted by atomic mass is 10.1. The van der Waals surface area contributed by atoms with Gasteiger partial charge in [0.15, 0.2) is 0 Å². The second kappa shape index (κ2) is 5.61. The van der Waals surface area contributed by atoms with E-state index in [0.717, 1.165) is 25.9 Å². The van der Waals surface area contributed by atoms with Crippen molar-refractivity contribution in [3.05, 3.63) is 0 Å². The van der Waals surface area contributed by atoms with Crippen LogP contribution in [0.5, 0.6) is 0 Å². The van der Waals surface area contributed by atoms with Crippen molar-refractivity contribution in [1.82, 2.24) is 0 Å². The van der Waals surface area contributed by atoms with Crippen LogP contribution in [0.4, 0.5) is 0 Å². The maximum atomic E-state index is 9.51. The molecule has 1 aliphatic rings. The Labute approximate surface area is 81.3 Å². The monoisotopic (exact) mass is 186 g/mol. The van der Waals surface area contributed by atoms with E-state index in [2.05, 4.69) is 13.8 Å². The number of aliphatic hydroxyl groups excluding tert-OH is 1. The molecule has 0 heterocycles. The van der Waals surface area contributed by atoms with E-state index in [4.69, 9.17) is 4.74 Å². The van der Waals surface area contributed by atoms with E-state index in [1.807, 2.05) is 0 Å². The van der Waals surface area contributed by atoms with Gasteiger partial charge in [-0.2, -0.15) is 0 Å². The Morgan fingerprint density at radius 1 is 1.46 bits per heavy atom. The quantitative estimate of drug-likeness (QED) is 0.714. The maximum Gasteiger partial charge on any atom is 0.0834 e. The van der Waals surface area contributed by atoms with E-state index in [-0.39, 0.29) is 12.2 Å². The average Bonchev–Trinajstić information content (AvgIpc) is 2.48. The highest BCUT2D eigenvalue weighted by Crippen LogP contribution is 2.22. The van der Waals surface area contributed by atoms with Crippen LogP contribution in [0.3, 0.4) is 0 Å². The van der Waals surface area contributed by atoms with Gasteiger partial charge in [-0.3, -0.25) is 0 Å². The van der Waals surface area contributed by atoms with Gasteiger partial charge in [0.05, 0.1) is 12.2 Å². The third-order valence-electron chi connectivity index (χ3n) is 2.79. The zero-order valence-corrected chi connectivity index (χ0v) is 8.83. The van der Waals surface area contributed by atoms with Crippen LogP contribution < -0.4 is 0 Å². The lowest BCUT2D eigenvalue weighted by molar-refractivity contribution is -0.0310. The molecular weight excluding hydrogens is 164 g/mol. The molecule has 78 valence electrons. The molecule has 2 nitrogen and oxygen atoms in total. The molecule has 0 spiro atoms. The Morgan fingerprint density at radius 2 is 2.23 bits per heavy atom. The molecule has 1 saturated carbocycles. The Kier molecular flexibility index (Phi) is 4.74. The van der Waals surface area contributed by atoms with Crippen molar-refractivity contribution >= 4 is 0 Å². The first-order valence-corrected chi connectivity index (χ1v) is 5.53. The fourth-order valence-electron chi connectivity index (χ4n) is 1.96. The van der Waals surface area contributed by atoms with Gasteiger partial charge in [0, 0.05) is 6.61 Å². The maximum absolute atomic E-state index is 9.51. The van der Waals surface area contributed by atoms with Gasteiger partial charge in [-0.05, 0) is 31.6 Å². The summed E-state index contributed by atoms with van der Waals surface area (Å²) in [6.45, 7) is 5.22. The van der Waals surface area contributed by atoms with Gasteiger partial charge >= 0.3 is 0 Å². The van der Waals surface area contributed by atoms with Gasteiger partial charge in [-0.1, -0.05) is 20.3 Å². The molecule has 0 aromatic heterocycles. The number of aliphatic hydroxyl groups is 1. The molecule has 1 N–H and O–H groups in total. The van der Waals surface area contributed by atoms with Gasteiger partial charge in [0.1, 0.15) is 0 Å². The summed E-state index contributed by atoms with van der Waals surface area (Å²) in [7, 11) is 0. The minimum atomic E-state index is -0.200. The molecule has 0 aliphatic heterocycles. The largest absolute Gasteiger partial charge is 0.390 e. The predicted molar refractivity (Wildman–Crippen MR) is 53.7 cm³/mol. The minimum Gasteiger partial charge on any atom is -0.390 e. The van der Waals surface area contributed by atoms with E-state index in [1.54, 1.807) is 0 Å². The molecule has 0 aromatic rings. The normalized spacial score (nSPS) is 30.7. The van der Waals surface area contributed by atoms with E-state index in [0.29, 0.717) is 5.92 Å². The number of hydrogen-bond acceptors (Lipinski definition) is 2. The first-order valence-electron chi connectivity index (χ1n) is 5.53. The lowest BCUT2D eigenvalue weighted by Gasteiger charge is -2.18. The van der Waals surface area contributed by atoms with Gasteiger partial charge in [0.2, 0.25) is 0 Å². The topological polar surface area (TPSA) is 29.5 Å². The second-order valence-corrected chi connectivity index (χ2v) is 4.26. The second-order valence-electron chi connectivity index (χ2n) is 4.26. The fourth-order valence-corrected chi connectivity index (χ4v) is 1.96. The zero-order valence-electron chi connectivity index (χ0n) is 8.83. The van der Waals surface area contributed by atoms with Gasteiger partial charge in [0.25, 0.3) is 0 Å². The molecule has 1 rings (SSSR count). The Morgan fingerprint density at radius 3 is 2.77 bits per heavy atom. The van der Waals surface area contributed by atoms with Crippen LogP contribution in [-0.2, 0) is 4.74 Å². The summed E-state index contributed by atoms with van der Waals surface area (Å²) in [6, 6.07) is 0. The van der Waals surface area contributed by atoms with Crippen molar-refractivity contribution in [3.63, 3.8) is 0 Å². The van der Waals surface area contributed by atoms with Crippen molar-refractivity contribution in [2.75, 3.05) is 6.61 Å². The molecule has 1 fully saturated rings. The van der Waals surface area contributed by atoms with Crippen molar-refractivity contribution in [1.29, 1.82) is 0 Å². The molecule has 0 bridgehead atoms. The summed E-state index contributed by atoms with van der Waals surface area (Å²) < 4.78 is 5.68. The number of rotatable bonds is 5. The smallest absolute Gasteiger partial charge is 0.0834 e. The molecular formula is C11H22O2. The molecule has 13 heavy (non-hydrogen) atoms. The molecule has 3 unspecified atom stereocenters. The molecule has 0 amide bonds. The minimum absolute atomic E-state index is 0.124. The summed E-state index contributed by atoms with van der Waals surface area (Å²) in [6.07, 6.45) is 5.45. The SMILES string of the molecule is CCCC(C)COC1CCCC1O. The third-order valence-corrected chi connectivity index (χ3v) is 2.79. The van der Waals surface area contributed by atoms with Crippen LogP contribution in [0.25, 0.3) is 0 Å². The standard InChI is InChI=1S/C11H22O2/c1-3-5-9(2)8-13-11-7-4-6-10(11)12/h9-12H,3-8H2,1-2H3. The predicted octanol–water partition coefficient (Wildman–Crippen LogP) is 2.35. The van der Waals surface area contributed by atoms with Crippen LogP contribution in [-0.4, -0.2) is 23.9 Å². The Bertz CT molecular complexity index is 136. The first-order chi connectivity index (χ1) is 6.24. The van der Waals surface area contributed by atoms with E-state index < -0.39 is 0 Å². The molecule has 0 radical (unpaired) electrons. The van der Waals surface area contributed by atoms with Crippen LogP contribution in [0.2, 0.25) is 0 Å². The molecule has 0 aromatic carbocycles. The number of ether oxygens (including phenoxy) is 1. The summed E-state index contributed by atoms with van der Waals surface area (Å²) in [5.41, 5.74) is 0. The Balaban J connectivity index is 2.10. The van der Waals surface area contributed by atoms with Crippen molar-refractivity contribution in [3.8, 4) is 0 Å². The van der Waals surface area contributed by atoms with Crippen LogP contribution in [0, 0.1) is 5.92 Å². The van der Waals surface area contributed by atoms with Crippen molar-refractivity contribution in [2.24, 2.45) is 5.92 Å². The zero-order chi connectivity index (χ0) is 9.68. The molecule has 1 aliphatic carbocycles. The van der Waals surface area contributed by atoms with Gasteiger partial charge in [-0.25, -0.2) is 0 Å². The van der Waals surface area contributed by atoms with E-state index in [9.17, 15) is 5.11 Å². The van der Waals surface area contributed by atoms with Crippen LogP contribution >= 0.6 is 0 Å². The lowest BCUT2D eigenvalue weighted by Crippen LogP contribution is -2.24. The highest BCUT2D eigenvalue weighted by Gasteiger charge is 2.25. The first kappa shape index (κ1) is 11.0. The van der Waals surface area contributed by atoms with E-state index >= 15 is 0 Å². The highest BCUT2D eigenvalue weighted by atomic mass is 16.5. The highest BCUT2D eigenvalue weighted by molar-refractivity contribution is 4.77. The molecule has 2 heteroatoms. The average molecular weight is 186 g/mol. The third kappa shape index (κ3) is 3.65. The van der Waals surface area contributed by atoms with E-state index in [1.165, 1.54) is 12.8 Å². The van der Waals surface area contributed by atoms with Crippen molar-refractivity contribution in [2.45, 2.75) is 58.2 Å². The van der Waals surface area contributed by atoms with Gasteiger partial charge < -0.3 is 9.84 Å². The summed E-state index contributed by atoms with van der Waals surface area (Å²) in [4.78, 5) is 0. The van der Waals surface area contributed by atoms with Crippen molar-refractivity contribution < 1.29 is 9.84 Å². The molecule has 3 atom stereocenters. The summed E-state index contributed by atoms with van der Waals surface area (Å²) in [5, 5.41) is 9.51. The Hall–Kier alpha value is -0.0800. The summed E-state index contributed by atoms with van der Waals surface area (Å²) in [5.74, 6) is 0.637. The molecule has 0 saturated heterocycles. The summed E-state index contributed by atoms with van der Waals surface area (Å²) >= 11 is 0. The van der Waals surface area contributed by atoms with Gasteiger partial charge in [-0.15, -0.1) is 0 Å². The fraction of sp³-hybridized carbons (Fsp3) is 1.00. The van der Waals surface area contributed by atoms with Crippen LogP contribution in [0.1, 0.15) is 46.0 Å². The van der Waals surface area contributed by atoms with Crippen LogP contribution in [0.15, 0.2) is 0 Å². The number of hydrogen-bond donors (Lipinski definition) is 1.